The van der Waals surface area contributed by atoms with E-state index in [4.69, 9.17) is 0 Å². The maximum Gasteiger partial charge on any atom is 0.0597 e. The maximum atomic E-state index is 2.40. The van der Waals surface area contributed by atoms with Crippen LogP contribution in [0.2, 0.25) is 0 Å². The second-order valence-corrected chi connectivity index (χ2v) is 23.7. The number of hydrogen-bond donors (Lipinski definition) is 0. The van der Waals surface area contributed by atoms with E-state index in [1.165, 1.54) is 156 Å². The van der Waals surface area contributed by atoms with Crippen LogP contribution in [0.3, 0.4) is 0 Å². The van der Waals surface area contributed by atoms with Gasteiger partial charge >= 0.3 is 0 Å². The van der Waals surface area contributed by atoms with E-state index in [1.807, 2.05) is 68.0 Å². The molecule has 50 heavy (non-hydrogen) atoms. The molecule has 2 aliphatic heterocycles. The predicted octanol–water partition coefficient (Wildman–Crippen LogP) is 17.0. The minimum absolute atomic E-state index is 1.20. The van der Waals surface area contributed by atoms with Gasteiger partial charge in [0.2, 0.25) is 0 Å². The third-order valence-electron chi connectivity index (χ3n) is 9.02. The van der Waals surface area contributed by atoms with Crippen molar-refractivity contribution in [1.82, 2.24) is 0 Å². The highest BCUT2D eigenvalue weighted by molar-refractivity contribution is 8.06. The average molecular weight is 843 g/mol. The molecule has 0 fully saturated rings. The molecule has 0 N–H and O–H groups in total. The molecule has 2 aliphatic rings. The molecule has 0 aromatic carbocycles. The van der Waals surface area contributed by atoms with E-state index < -0.39 is 0 Å². The SMILES string of the molecule is CCCCCCc1ccc(-c2sc(-c3ccc(-c4ccc(-c5sc(-c6ccc(CCCCCC)s6)c6c5SCCS6)s4)s3)c3c2SCCS3)s1. The summed E-state index contributed by atoms with van der Waals surface area (Å²) in [6.45, 7) is 4.60. The Morgan fingerprint density at radius 3 is 1.08 bits per heavy atom. The molecule has 0 unspecified atom stereocenters. The molecule has 8 heterocycles. The summed E-state index contributed by atoms with van der Waals surface area (Å²) in [4.78, 5) is 23.8. The van der Waals surface area contributed by atoms with Gasteiger partial charge < -0.3 is 0 Å². The highest BCUT2D eigenvalue weighted by atomic mass is 32.2. The summed E-state index contributed by atoms with van der Waals surface area (Å²) in [5, 5.41) is 0. The van der Waals surface area contributed by atoms with Crippen LogP contribution >= 0.6 is 115 Å². The number of hydrogen-bond acceptors (Lipinski definition) is 10. The van der Waals surface area contributed by atoms with Crippen LogP contribution in [0, 0.1) is 0 Å². The lowest BCUT2D eigenvalue weighted by molar-refractivity contribution is 0.670. The molecule has 0 spiro atoms. The number of thioether (sulfide) groups is 4. The number of thiophene rings is 6. The van der Waals surface area contributed by atoms with Gasteiger partial charge in [-0.2, -0.15) is 0 Å². The van der Waals surface area contributed by atoms with Gasteiger partial charge in [-0.25, -0.2) is 0 Å². The van der Waals surface area contributed by atoms with Gasteiger partial charge in [-0.1, -0.05) is 52.4 Å². The van der Waals surface area contributed by atoms with Crippen molar-refractivity contribution in [2.24, 2.45) is 0 Å². The summed E-state index contributed by atoms with van der Waals surface area (Å²) in [5.41, 5.74) is 0. The normalized spacial score (nSPS) is 14.4. The van der Waals surface area contributed by atoms with Crippen molar-refractivity contribution in [3.8, 4) is 48.8 Å². The Labute approximate surface area is 339 Å². The van der Waals surface area contributed by atoms with Crippen molar-refractivity contribution in [2.75, 3.05) is 23.0 Å². The molecule has 6 aromatic heterocycles. The first kappa shape index (κ1) is 36.6. The van der Waals surface area contributed by atoms with Gasteiger partial charge in [0.1, 0.15) is 0 Å². The number of rotatable bonds is 15. The van der Waals surface area contributed by atoms with Gasteiger partial charge in [-0.15, -0.1) is 115 Å². The molecule has 10 heteroatoms. The third-order valence-corrected chi connectivity index (χ3v) is 22.5. The summed E-state index contributed by atoms with van der Waals surface area (Å²) >= 11 is 20.5. The predicted molar refractivity (Wildman–Crippen MR) is 239 cm³/mol. The lowest BCUT2D eigenvalue weighted by atomic mass is 10.1. The minimum Gasteiger partial charge on any atom is -0.139 e. The van der Waals surface area contributed by atoms with Crippen LogP contribution in [0.4, 0.5) is 0 Å². The molecule has 6 aromatic rings. The largest absolute Gasteiger partial charge is 0.139 e. The van der Waals surface area contributed by atoms with Crippen molar-refractivity contribution in [2.45, 2.75) is 97.6 Å². The summed E-state index contributed by atoms with van der Waals surface area (Å²) in [6, 6.07) is 19.2. The summed E-state index contributed by atoms with van der Waals surface area (Å²) in [6.07, 6.45) is 13.1. The summed E-state index contributed by atoms with van der Waals surface area (Å²) in [7, 11) is 0. The first-order valence-corrected chi connectivity index (χ1v) is 26.8. The fraction of sp³-hybridized carbons (Fsp3) is 0.400. The lowest BCUT2D eigenvalue weighted by Gasteiger charge is -2.12. The second kappa shape index (κ2) is 17.4. The second-order valence-electron chi connectivity index (χ2n) is 12.7. The van der Waals surface area contributed by atoms with Crippen molar-refractivity contribution in [3.63, 3.8) is 0 Å². The smallest absolute Gasteiger partial charge is 0.0597 e. The highest BCUT2D eigenvalue weighted by Gasteiger charge is 2.28. The van der Waals surface area contributed by atoms with Gasteiger partial charge in [0, 0.05) is 81.6 Å². The molecule has 0 nitrogen and oxygen atoms in total. The highest BCUT2D eigenvalue weighted by Crippen LogP contribution is 2.58. The number of unbranched alkanes of at least 4 members (excludes halogenated alkanes) is 6. The van der Waals surface area contributed by atoms with E-state index in [-0.39, 0.29) is 0 Å². The van der Waals surface area contributed by atoms with Crippen LogP contribution in [-0.4, -0.2) is 23.0 Å². The Bertz CT molecular complexity index is 1880. The zero-order chi connectivity index (χ0) is 33.9. The van der Waals surface area contributed by atoms with Gasteiger partial charge in [0.05, 0.1) is 19.5 Å². The van der Waals surface area contributed by atoms with Crippen molar-refractivity contribution in [1.29, 1.82) is 0 Å². The average Bonchev–Trinajstić information content (AvgIpc) is 3.99. The van der Waals surface area contributed by atoms with Crippen LogP contribution in [0.5, 0.6) is 0 Å². The molecule has 0 bridgehead atoms. The van der Waals surface area contributed by atoms with E-state index >= 15 is 0 Å². The standard InChI is InChI=1S/C40H42S10/c1-3-5-7-9-11-25-13-15-29(45-25)33-37-39(43-23-21-41-37)35(49-33)31-19-17-27(47-31)28-18-20-32(48-28)36-40-38(42-22-24-44-40)34(50-36)30-16-14-26(46-30)12-10-8-6-4-2/h13-20H,3-12,21-24H2,1-2H3. The Morgan fingerprint density at radius 1 is 0.360 bits per heavy atom. The quantitative estimate of drug-likeness (QED) is 0.0944. The Kier molecular flexibility index (Phi) is 12.7. The fourth-order valence-electron chi connectivity index (χ4n) is 6.46. The molecule has 0 saturated carbocycles. The third kappa shape index (κ3) is 8.01. The van der Waals surface area contributed by atoms with E-state index in [2.05, 4.69) is 109 Å². The van der Waals surface area contributed by atoms with Gasteiger partial charge in [0.25, 0.3) is 0 Å². The van der Waals surface area contributed by atoms with Crippen molar-refractivity contribution in [3.05, 3.63) is 58.3 Å². The molecule has 0 atom stereocenters. The Morgan fingerprint density at radius 2 is 0.700 bits per heavy atom. The van der Waals surface area contributed by atoms with Crippen LogP contribution in [-0.2, 0) is 12.8 Å². The van der Waals surface area contributed by atoms with E-state index in [0.29, 0.717) is 0 Å². The Balaban J connectivity index is 1.04. The van der Waals surface area contributed by atoms with Crippen molar-refractivity contribution >= 4 is 115 Å². The van der Waals surface area contributed by atoms with Gasteiger partial charge in [-0.3, -0.25) is 0 Å². The van der Waals surface area contributed by atoms with Crippen LogP contribution in [0.15, 0.2) is 68.1 Å². The van der Waals surface area contributed by atoms with Crippen LogP contribution in [0.25, 0.3) is 48.8 Å². The van der Waals surface area contributed by atoms with Crippen LogP contribution in [0.1, 0.15) is 75.0 Å². The minimum atomic E-state index is 1.20. The number of fused-ring (bicyclic) bond motifs is 2. The van der Waals surface area contributed by atoms with Crippen LogP contribution < -0.4 is 0 Å². The molecule has 0 aliphatic carbocycles. The molecule has 0 radical (unpaired) electrons. The molecule has 0 amide bonds. The maximum absolute atomic E-state index is 2.40. The van der Waals surface area contributed by atoms with E-state index in [1.54, 1.807) is 9.75 Å². The zero-order valence-electron chi connectivity index (χ0n) is 28.6. The van der Waals surface area contributed by atoms with Gasteiger partial charge in [-0.05, 0) is 74.2 Å². The molecular formula is C40H42S10. The molecular weight excluding hydrogens is 801 g/mol. The topological polar surface area (TPSA) is 0 Å². The van der Waals surface area contributed by atoms with E-state index in [9.17, 15) is 0 Å². The summed E-state index contributed by atoms with van der Waals surface area (Å²) < 4.78 is 0. The first-order valence-electron chi connectivity index (χ1n) is 17.9. The molecule has 0 saturated heterocycles. The van der Waals surface area contributed by atoms with Gasteiger partial charge in [0.15, 0.2) is 0 Å². The zero-order valence-corrected chi connectivity index (χ0v) is 36.8. The van der Waals surface area contributed by atoms with Crippen molar-refractivity contribution < 1.29 is 0 Å². The summed E-state index contributed by atoms with van der Waals surface area (Å²) in [5.74, 6) is 4.83. The monoisotopic (exact) mass is 842 g/mol. The molecule has 262 valence electrons. The molecule has 8 rings (SSSR count). The number of aryl methyl sites for hydroxylation is 2. The first-order chi connectivity index (χ1) is 24.7. The Hall–Kier alpha value is -0.400. The van der Waals surface area contributed by atoms with E-state index in [0.717, 1.165) is 0 Å². The lowest BCUT2D eigenvalue weighted by Crippen LogP contribution is -1.92. The fourth-order valence-corrected chi connectivity index (χ4v) is 19.8.